The number of rotatable bonds is 5. The number of aromatic nitrogens is 1. The van der Waals surface area contributed by atoms with Crippen molar-refractivity contribution in [3.05, 3.63) is 79.6 Å². The summed E-state index contributed by atoms with van der Waals surface area (Å²) in [7, 11) is 5.29. The van der Waals surface area contributed by atoms with Crippen LogP contribution in [-0.4, -0.2) is 36.1 Å². The zero-order valence-corrected chi connectivity index (χ0v) is 22.1. The van der Waals surface area contributed by atoms with E-state index < -0.39 is 0 Å². The third kappa shape index (κ3) is 3.91. The lowest BCUT2D eigenvalue weighted by Crippen LogP contribution is -2.40. The van der Waals surface area contributed by atoms with E-state index in [1.165, 1.54) is 10.4 Å². The van der Waals surface area contributed by atoms with Gasteiger partial charge in [-0.05, 0) is 71.1 Å². The first-order valence-electron chi connectivity index (χ1n) is 11.2. The fourth-order valence-corrected chi connectivity index (χ4v) is 6.85. The van der Waals surface area contributed by atoms with Crippen LogP contribution in [0.2, 0.25) is 0 Å². The largest absolute Gasteiger partial charge is 0.493 e. The molecule has 5 rings (SSSR count). The van der Waals surface area contributed by atoms with E-state index in [4.69, 9.17) is 9.47 Å². The molecule has 0 fully saturated rings. The molecule has 0 spiro atoms. The van der Waals surface area contributed by atoms with E-state index in [-0.39, 0.29) is 11.9 Å². The van der Waals surface area contributed by atoms with E-state index in [0.717, 1.165) is 38.5 Å². The Labute approximate surface area is 212 Å². The van der Waals surface area contributed by atoms with Crippen molar-refractivity contribution in [2.45, 2.75) is 25.8 Å². The van der Waals surface area contributed by atoms with Gasteiger partial charge in [-0.25, -0.2) is 0 Å². The molecule has 1 aliphatic heterocycles. The first kappa shape index (κ1) is 23.0. The van der Waals surface area contributed by atoms with E-state index in [2.05, 4.69) is 57.4 Å². The van der Waals surface area contributed by atoms with Crippen LogP contribution < -0.4 is 9.47 Å². The highest BCUT2D eigenvalue weighted by Crippen LogP contribution is 2.42. The number of carbonyl (C=O) groups is 1. The summed E-state index contributed by atoms with van der Waals surface area (Å²) in [6.45, 7) is 2.75. The topological polar surface area (TPSA) is 43.7 Å². The Balaban J connectivity index is 1.56. The van der Waals surface area contributed by atoms with Gasteiger partial charge in [0.2, 0.25) is 0 Å². The molecule has 2 aromatic heterocycles. The molecular weight excluding hydrogens is 512 g/mol. The number of benzene rings is 2. The Kier molecular flexibility index (Phi) is 6.16. The maximum absolute atomic E-state index is 14.0. The van der Waals surface area contributed by atoms with Gasteiger partial charge in [-0.3, -0.25) is 4.79 Å². The molecule has 0 saturated heterocycles. The van der Waals surface area contributed by atoms with Crippen molar-refractivity contribution in [1.82, 2.24) is 9.47 Å². The number of methoxy groups -OCH3 is 2. The summed E-state index contributed by atoms with van der Waals surface area (Å²) in [5.74, 6) is 1.48. The quantitative estimate of drug-likeness (QED) is 0.299. The lowest BCUT2D eigenvalue weighted by atomic mass is 9.94. The van der Waals surface area contributed by atoms with Gasteiger partial charge in [-0.15, -0.1) is 11.3 Å². The molecule has 0 aliphatic carbocycles. The molecule has 3 heterocycles. The molecule has 0 saturated carbocycles. The van der Waals surface area contributed by atoms with Crippen molar-refractivity contribution in [3.63, 3.8) is 0 Å². The monoisotopic (exact) mass is 538 g/mol. The Hall–Kier alpha value is -2.77. The van der Waals surface area contributed by atoms with E-state index in [1.807, 2.05) is 29.9 Å². The Morgan fingerprint density at radius 1 is 1.15 bits per heavy atom. The summed E-state index contributed by atoms with van der Waals surface area (Å²) in [6, 6.07) is 12.2. The first-order valence-corrected chi connectivity index (χ1v) is 12.9. The number of aryl methyl sites for hydroxylation is 2. The number of hydrogen-bond donors (Lipinski definition) is 0. The van der Waals surface area contributed by atoms with Crippen LogP contribution in [0.3, 0.4) is 0 Å². The molecule has 176 valence electrons. The smallest absolute Gasteiger partial charge is 0.256 e. The molecule has 1 unspecified atom stereocenters. The second-order valence-corrected chi connectivity index (χ2v) is 10.5. The van der Waals surface area contributed by atoms with Crippen molar-refractivity contribution < 1.29 is 14.3 Å². The summed E-state index contributed by atoms with van der Waals surface area (Å²) in [4.78, 5) is 17.3. The van der Waals surface area contributed by atoms with E-state index in [9.17, 15) is 4.79 Å². The molecule has 0 bridgehead atoms. The van der Waals surface area contributed by atoms with Crippen molar-refractivity contribution in [2.24, 2.45) is 7.05 Å². The number of hydrogen-bond acceptors (Lipinski definition) is 4. The minimum atomic E-state index is -0.0503. The van der Waals surface area contributed by atoms with Gasteiger partial charge < -0.3 is 18.9 Å². The van der Waals surface area contributed by atoms with Crippen LogP contribution in [0.1, 0.15) is 38.0 Å². The summed E-state index contributed by atoms with van der Waals surface area (Å²) in [6.07, 6.45) is 3.52. The summed E-state index contributed by atoms with van der Waals surface area (Å²) in [5.41, 5.74) is 5.40. The number of nitrogens with zero attached hydrogens (tertiary/aromatic N) is 2. The highest BCUT2D eigenvalue weighted by molar-refractivity contribution is 9.10. The maximum Gasteiger partial charge on any atom is 0.256 e. The van der Waals surface area contributed by atoms with Gasteiger partial charge in [-0.2, -0.15) is 0 Å². The number of fused-ring (bicyclic) bond motifs is 2. The van der Waals surface area contributed by atoms with E-state index >= 15 is 0 Å². The number of carbonyl (C=O) groups excluding carboxylic acids is 1. The molecule has 34 heavy (non-hydrogen) atoms. The van der Waals surface area contributed by atoms with Crippen molar-refractivity contribution in [1.29, 1.82) is 0 Å². The average molecular weight is 539 g/mol. The van der Waals surface area contributed by atoms with Crippen LogP contribution >= 0.6 is 27.3 Å². The molecule has 0 radical (unpaired) electrons. The van der Waals surface area contributed by atoms with Gasteiger partial charge >= 0.3 is 0 Å². The van der Waals surface area contributed by atoms with Crippen LogP contribution in [0, 0.1) is 6.92 Å². The van der Waals surface area contributed by atoms with Crippen LogP contribution in [0.5, 0.6) is 11.5 Å². The van der Waals surface area contributed by atoms with Gasteiger partial charge in [0, 0.05) is 45.4 Å². The SMILES string of the molecule is COc1ccc(CC2c3scc(Br)c3CCN2C(=O)c2cn(C)c3ccc(C)cc23)cc1OC. The summed E-state index contributed by atoms with van der Waals surface area (Å²) < 4.78 is 14.1. The Bertz CT molecular complexity index is 1390. The van der Waals surface area contributed by atoms with Crippen molar-refractivity contribution in [3.8, 4) is 11.5 Å². The highest BCUT2D eigenvalue weighted by atomic mass is 79.9. The van der Waals surface area contributed by atoms with Gasteiger partial charge in [0.05, 0.1) is 25.8 Å². The zero-order valence-electron chi connectivity index (χ0n) is 19.7. The van der Waals surface area contributed by atoms with Gasteiger partial charge in [0.1, 0.15) is 0 Å². The highest BCUT2D eigenvalue weighted by Gasteiger charge is 2.35. The second-order valence-electron chi connectivity index (χ2n) is 8.76. The maximum atomic E-state index is 14.0. The predicted molar refractivity (Wildman–Crippen MR) is 140 cm³/mol. The molecule has 7 heteroatoms. The molecular formula is C27H27BrN2O3S. The summed E-state index contributed by atoms with van der Waals surface area (Å²) in [5, 5.41) is 3.15. The zero-order chi connectivity index (χ0) is 24.0. The molecule has 4 aromatic rings. The standard InChI is InChI=1S/C27H27BrN2O3S/c1-16-5-7-22-19(11-16)20(14-29(22)2)27(31)30-10-9-18-21(28)15-34-26(18)23(30)12-17-6-8-24(32-3)25(13-17)33-4/h5-8,11,13-15,23H,9-10,12H2,1-4H3. The molecule has 1 amide bonds. The Morgan fingerprint density at radius 2 is 1.94 bits per heavy atom. The molecule has 5 nitrogen and oxygen atoms in total. The fraction of sp³-hybridized carbons (Fsp3) is 0.296. The molecule has 0 N–H and O–H groups in total. The lowest BCUT2D eigenvalue weighted by Gasteiger charge is -2.36. The number of thiophene rings is 1. The van der Waals surface area contributed by atoms with Crippen molar-refractivity contribution >= 4 is 44.1 Å². The molecule has 1 atom stereocenters. The van der Waals surface area contributed by atoms with Crippen LogP contribution in [-0.2, 0) is 19.9 Å². The normalized spacial score (nSPS) is 15.4. The van der Waals surface area contributed by atoms with Crippen LogP contribution in [0.15, 0.2) is 52.4 Å². The molecule has 2 aromatic carbocycles. The number of amides is 1. The Morgan fingerprint density at radius 3 is 2.71 bits per heavy atom. The van der Waals surface area contributed by atoms with Gasteiger partial charge in [0.15, 0.2) is 11.5 Å². The summed E-state index contributed by atoms with van der Waals surface area (Å²) >= 11 is 5.44. The second kappa shape index (κ2) is 9.12. The average Bonchev–Trinajstić information content (AvgIpc) is 3.38. The third-order valence-corrected chi connectivity index (χ3v) is 8.81. The van der Waals surface area contributed by atoms with Gasteiger partial charge in [0.25, 0.3) is 5.91 Å². The number of ether oxygens (including phenoxy) is 2. The number of halogens is 1. The molecule has 1 aliphatic rings. The minimum absolute atomic E-state index is 0.0503. The van der Waals surface area contributed by atoms with Gasteiger partial charge in [-0.1, -0.05) is 17.7 Å². The van der Waals surface area contributed by atoms with E-state index in [0.29, 0.717) is 24.5 Å². The lowest BCUT2D eigenvalue weighted by molar-refractivity contribution is 0.0666. The van der Waals surface area contributed by atoms with Crippen molar-refractivity contribution in [2.75, 3.05) is 20.8 Å². The van der Waals surface area contributed by atoms with E-state index in [1.54, 1.807) is 25.6 Å². The minimum Gasteiger partial charge on any atom is -0.493 e. The van der Waals surface area contributed by atoms with Crippen LogP contribution in [0.4, 0.5) is 0 Å². The predicted octanol–water partition coefficient (Wildman–Crippen LogP) is 6.31. The first-order chi connectivity index (χ1) is 16.4. The van der Waals surface area contributed by atoms with Crippen LogP contribution in [0.25, 0.3) is 10.9 Å². The third-order valence-electron chi connectivity index (χ3n) is 6.67. The fourth-order valence-electron chi connectivity index (χ4n) is 4.93.